The van der Waals surface area contributed by atoms with Crippen molar-refractivity contribution in [1.82, 2.24) is 5.32 Å². The van der Waals surface area contributed by atoms with E-state index in [1.54, 1.807) is 0 Å². The molecule has 0 heterocycles. The summed E-state index contributed by atoms with van der Waals surface area (Å²) in [5.41, 5.74) is 0. The Morgan fingerprint density at radius 3 is 1.62 bits per heavy atom. The van der Waals surface area contributed by atoms with Gasteiger partial charge >= 0.3 is 17.9 Å². The summed E-state index contributed by atoms with van der Waals surface area (Å²) >= 11 is 0. The second-order valence-corrected chi connectivity index (χ2v) is 2.34. The summed E-state index contributed by atoms with van der Waals surface area (Å²) in [6.07, 6.45) is 0. The van der Waals surface area contributed by atoms with Crippen molar-refractivity contribution in [3.8, 4) is 0 Å². The van der Waals surface area contributed by atoms with Gasteiger partial charge in [-0.25, -0.2) is 9.59 Å². The predicted octanol–water partition coefficient (Wildman–Crippen LogP) is -1.41. The van der Waals surface area contributed by atoms with Crippen molar-refractivity contribution >= 4 is 17.9 Å². The Bertz CT molecular complexity index is 223. The van der Waals surface area contributed by atoms with Crippen LogP contribution in [0.1, 0.15) is 6.92 Å². The van der Waals surface area contributed by atoms with Crippen LogP contribution in [-0.2, 0) is 14.4 Å². The highest BCUT2D eigenvalue weighted by Crippen LogP contribution is 1.89. The maximum absolute atomic E-state index is 10.3. The molecule has 7 nitrogen and oxygen atoms in total. The van der Waals surface area contributed by atoms with Gasteiger partial charge in [-0.05, 0) is 6.92 Å². The van der Waals surface area contributed by atoms with E-state index in [2.05, 4.69) is 0 Å². The van der Waals surface area contributed by atoms with Crippen molar-refractivity contribution in [3.63, 3.8) is 0 Å². The van der Waals surface area contributed by atoms with Crippen molar-refractivity contribution in [3.05, 3.63) is 0 Å². The number of carboxylic acid groups (broad SMARTS) is 3. The van der Waals surface area contributed by atoms with Gasteiger partial charge in [0.15, 0.2) is 0 Å². The topological polar surface area (TPSA) is 124 Å². The highest BCUT2D eigenvalue weighted by molar-refractivity contribution is 5.97. The molecule has 0 aromatic heterocycles. The third-order valence-corrected chi connectivity index (χ3v) is 1.28. The molecule has 0 aliphatic rings. The normalized spacial score (nSPS) is 12.5. The third kappa shape index (κ3) is 3.52. The Morgan fingerprint density at radius 1 is 1.00 bits per heavy atom. The van der Waals surface area contributed by atoms with Crippen LogP contribution < -0.4 is 5.32 Å². The fourth-order valence-electron chi connectivity index (χ4n) is 0.569. The molecule has 13 heavy (non-hydrogen) atoms. The van der Waals surface area contributed by atoms with E-state index in [4.69, 9.17) is 15.3 Å². The van der Waals surface area contributed by atoms with Gasteiger partial charge in [0, 0.05) is 0 Å². The molecule has 1 atom stereocenters. The van der Waals surface area contributed by atoms with Crippen molar-refractivity contribution in [2.45, 2.75) is 19.0 Å². The molecule has 0 spiro atoms. The Labute approximate surface area is 73.0 Å². The summed E-state index contributed by atoms with van der Waals surface area (Å²) in [6.45, 7) is 1.15. The molecule has 0 aromatic carbocycles. The van der Waals surface area contributed by atoms with Crippen molar-refractivity contribution in [2.75, 3.05) is 0 Å². The molecule has 0 saturated heterocycles. The van der Waals surface area contributed by atoms with Gasteiger partial charge < -0.3 is 15.3 Å². The molecule has 0 radical (unpaired) electrons. The second kappa shape index (κ2) is 4.41. The first-order valence-electron chi connectivity index (χ1n) is 3.30. The molecule has 0 saturated carbocycles. The van der Waals surface area contributed by atoms with Crippen LogP contribution in [0.15, 0.2) is 0 Å². The average Bonchev–Trinajstić information content (AvgIpc) is 1.97. The van der Waals surface area contributed by atoms with Gasteiger partial charge in [-0.2, -0.15) is 0 Å². The lowest BCUT2D eigenvalue weighted by Gasteiger charge is -2.12. The van der Waals surface area contributed by atoms with Crippen LogP contribution in [0, 0.1) is 0 Å². The van der Waals surface area contributed by atoms with Gasteiger partial charge in [0.05, 0.1) is 0 Å². The molecule has 0 aliphatic carbocycles. The van der Waals surface area contributed by atoms with E-state index in [1.807, 2.05) is 5.32 Å². The minimum absolute atomic E-state index is 1.15. The minimum atomic E-state index is -1.90. The van der Waals surface area contributed by atoms with Gasteiger partial charge in [0.25, 0.3) is 0 Å². The van der Waals surface area contributed by atoms with Gasteiger partial charge in [-0.1, -0.05) is 0 Å². The fraction of sp³-hybridized carbons (Fsp3) is 0.500. The van der Waals surface area contributed by atoms with Crippen LogP contribution in [0.3, 0.4) is 0 Å². The zero-order valence-corrected chi connectivity index (χ0v) is 6.72. The second-order valence-electron chi connectivity index (χ2n) is 2.34. The Hall–Kier alpha value is -1.63. The van der Waals surface area contributed by atoms with E-state index in [0.29, 0.717) is 0 Å². The molecule has 0 aliphatic heterocycles. The monoisotopic (exact) mass is 191 g/mol. The molecular weight excluding hydrogens is 182 g/mol. The minimum Gasteiger partial charge on any atom is -0.480 e. The van der Waals surface area contributed by atoms with Crippen molar-refractivity contribution < 1.29 is 29.7 Å². The number of hydrogen-bond acceptors (Lipinski definition) is 4. The quantitative estimate of drug-likeness (QED) is 0.393. The lowest BCUT2D eigenvalue weighted by atomic mass is 10.2. The van der Waals surface area contributed by atoms with Crippen LogP contribution >= 0.6 is 0 Å². The van der Waals surface area contributed by atoms with Gasteiger partial charge in [0.2, 0.25) is 6.04 Å². The maximum atomic E-state index is 10.3. The van der Waals surface area contributed by atoms with E-state index < -0.39 is 30.0 Å². The summed E-state index contributed by atoms with van der Waals surface area (Å²) in [7, 11) is 0. The third-order valence-electron chi connectivity index (χ3n) is 1.28. The molecule has 0 amide bonds. The molecule has 0 rings (SSSR count). The van der Waals surface area contributed by atoms with Crippen LogP contribution in [-0.4, -0.2) is 45.3 Å². The fourth-order valence-corrected chi connectivity index (χ4v) is 0.569. The lowest BCUT2D eigenvalue weighted by Crippen LogP contribution is -2.50. The average molecular weight is 191 g/mol. The largest absolute Gasteiger partial charge is 0.480 e. The highest BCUT2D eigenvalue weighted by Gasteiger charge is 2.28. The van der Waals surface area contributed by atoms with E-state index in [9.17, 15) is 14.4 Å². The Kier molecular flexibility index (Phi) is 3.86. The molecular formula is C6H9NO6. The first-order valence-corrected chi connectivity index (χ1v) is 3.30. The number of hydrogen-bond donors (Lipinski definition) is 4. The first-order chi connectivity index (χ1) is 5.86. The summed E-state index contributed by atoms with van der Waals surface area (Å²) in [6, 6.07) is -3.12. The summed E-state index contributed by atoms with van der Waals surface area (Å²) < 4.78 is 0. The maximum Gasteiger partial charge on any atom is 0.332 e. The highest BCUT2D eigenvalue weighted by atomic mass is 16.4. The number of nitrogens with one attached hydrogen (secondary N) is 1. The molecule has 4 N–H and O–H groups in total. The SMILES string of the molecule is CC(NC(C(=O)O)C(=O)O)C(=O)O. The van der Waals surface area contributed by atoms with Crippen LogP contribution in [0.5, 0.6) is 0 Å². The molecule has 0 fully saturated rings. The summed E-state index contributed by atoms with van der Waals surface area (Å²) in [5.74, 6) is -4.56. The standard InChI is InChI=1S/C6H9NO6/c1-2(4(8)9)7-3(5(10)11)6(12)13/h2-3,7H,1H3,(H,8,9)(H,10,11)(H,12,13). The molecule has 1 unspecified atom stereocenters. The van der Waals surface area contributed by atoms with E-state index >= 15 is 0 Å². The summed E-state index contributed by atoms with van der Waals surface area (Å²) in [4.78, 5) is 30.8. The number of aliphatic carboxylic acids is 3. The van der Waals surface area contributed by atoms with E-state index in [-0.39, 0.29) is 0 Å². The van der Waals surface area contributed by atoms with Gasteiger partial charge in [0.1, 0.15) is 6.04 Å². The van der Waals surface area contributed by atoms with Crippen LogP contribution in [0.25, 0.3) is 0 Å². The van der Waals surface area contributed by atoms with Gasteiger partial charge in [-0.3, -0.25) is 10.1 Å². The zero-order chi connectivity index (χ0) is 10.6. The predicted molar refractivity (Wildman–Crippen MR) is 39.3 cm³/mol. The van der Waals surface area contributed by atoms with Crippen molar-refractivity contribution in [2.24, 2.45) is 0 Å². The number of carboxylic acids is 3. The Morgan fingerprint density at radius 2 is 1.38 bits per heavy atom. The molecule has 7 heteroatoms. The smallest absolute Gasteiger partial charge is 0.332 e. The number of carbonyl (C=O) groups is 3. The van der Waals surface area contributed by atoms with E-state index in [1.165, 1.54) is 0 Å². The van der Waals surface area contributed by atoms with Gasteiger partial charge in [-0.15, -0.1) is 0 Å². The first kappa shape index (κ1) is 11.4. The van der Waals surface area contributed by atoms with Crippen LogP contribution in [0.2, 0.25) is 0 Å². The zero-order valence-electron chi connectivity index (χ0n) is 6.72. The molecule has 74 valence electrons. The number of rotatable bonds is 5. The summed E-state index contributed by atoms with van der Waals surface area (Å²) in [5, 5.41) is 26.9. The van der Waals surface area contributed by atoms with E-state index in [0.717, 1.165) is 6.92 Å². The van der Waals surface area contributed by atoms with Crippen LogP contribution in [0.4, 0.5) is 0 Å². The Balaban J connectivity index is 4.35. The molecule has 0 aromatic rings. The molecule has 0 bridgehead atoms. The lowest BCUT2D eigenvalue weighted by molar-refractivity contribution is -0.151. The van der Waals surface area contributed by atoms with Crippen molar-refractivity contribution in [1.29, 1.82) is 0 Å².